The van der Waals surface area contributed by atoms with Crippen molar-refractivity contribution in [3.8, 4) is 11.3 Å². The minimum absolute atomic E-state index is 0.195. The van der Waals surface area contributed by atoms with E-state index in [9.17, 15) is 4.57 Å². The minimum atomic E-state index is -2.25. The van der Waals surface area contributed by atoms with Gasteiger partial charge >= 0.3 is 0 Å². The maximum absolute atomic E-state index is 12.6. The lowest BCUT2D eigenvalue weighted by Gasteiger charge is -2.34. The monoisotopic (exact) mass is 458 g/mol. The Morgan fingerprint density at radius 3 is 2.59 bits per heavy atom. The molecule has 2 fully saturated rings. The summed E-state index contributed by atoms with van der Waals surface area (Å²) < 4.78 is 20.4. The average molecular weight is 459 g/mol. The lowest BCUT2D eigenvalue weighted by molar-refractivity contribution is 0.0981. The van der Waals surface area contributed by atoms with E-state index in [1.165, 1.54) is 0 Å². The zero-order valence-corrected chi connectivity index (χ0v) is 19.8. The number of fused-ring (bicyclic) bond motifs is 1. The molecule has 2 aromatic heterocycles. The standard InChI is InChI=1S/C21H31N8O2P/c1-14-13-31-9-8-28(14)21-25-18(15-10-23-20(22)24-11-15)17-5-7-29(19(17)26-21)16-4-6-27(12-16)32(2,3)30/h10-11,14,16H,4-9,12-13H2,1-3H3,(H2,22,23,24). The Balaban J connectivity index is 1.55. The van der Waals surface area contributed by atoms with Crippen molar-refractivity contribution in [1.82, 2.24) is 24.6 Å². The number of nitrogen functional groups attached to an aromatic ring is 1. The first-order chi connectivity index (χ1) is 15.3. The third kappa shape index (κ3) is 3.95. The molecule has 172 valence electrons. The molecule has 11 heteroatoms. The summed E-state index contributed by atoms with van der Waals surface area (Å²) in [6, 6.07) is 0.491. The van der Waals surface area contributed by atoms with Crippen molar-refractivity contribution in [2.24, 2.45) is 0 Å². The molecule has 0 aromatic carbocycles. The summed E-state index contributed by atoms with van der Waals surface area (Å²) in [5, 5.41) is 0. The highest BCUT2D eigenvalue weighted by Gasteiger charge is 2.38. The van der Waals surface area contributed by atoms with Gasteiger partial charge in [-0.3, -0.25) is 4.67 Å². The molecular weight excluding hydrogens is 427 g/mol. The molecule has 2 N–H and O–H groups in total. The summed E-state index contributed by atoms with van der Waals surface area (Å²) in [6.07, 6.45) is 5.32. The average Bonchev–Trinajstić information content (AvgIpc) is 3.41. The topological polar surface area (TPSA) is 114 Å². The number of ether oxygens (including phenoxy) is 1. The SMILES string of the molecule is CC1COCCN1c1nc(-c2cnc(N)nc2)c2c(n1)N(C1CCN(P(C)(C)=O)C1)CC2. The normalized spacial score (nSPS) is 24.2. The molecule has 0 spiro atoms. The Hall–Kier alpha value is -2.29. The van der Waals surface area contributed by atoms with E-state index in [-0.39, 0.29) is 12.0 Å². The van der Waals surface area contributed by atoms with Crippen LogP contribution in [0.2, 0.25) is 0 Å². The van der Waals surface area contributed by atoms with E-state index < -0.39 is 7.29 Å². The van der Waals surface area contributed by atoms with Crippen molar-refractivity contribution >= 4 is 25.0 Å². The van der Waals surface area contributed by atoms with Gasteiger partial charge in [0.25, 0.3) is 0 Å². The van der Waals surface area contributed by atoms with Crippen molar-refractivity contribution < 1.29 is 9.30 Å². The van der Waals surface area contributed by atoms with Gasteiger partial charge in [-0.25, -0.2) is 15.0 Å². The third-order valence-corrected chi connectivity index (χ3v) is 8.41. The highest BCUT2D eigenvalue weighted by molar-refractivity contribution is 7.59. The van der Waals surface area contributed by atoms with Crippen LogP contribution < -0.4 is 15.5 Å². The Morgan fingerprint density at radius 2 is 1.91 bits per heavy atom. The zero-order chi connectivity index (χ0) is 22.5. The highest BCUT2D eigenvalue weighted by Crippen LogP contribution is 2.45. The van der Waals surface area contributed by atoms with E-state index in [0.29, 0.717) is 25.2 Å². The van der Waals surface area contributed by atoms with Gasteiger partial charge in [0.1, 0.15) is 13.1 Å². The van der Waals surface area contributed by atoms with Crippen molar-refractivity contribution in [2.75, 3.05) is 68.3 Å². The first-order valence-electron chi connectivity index (χ1n) is 11.2. The minimum Gasteiger partial charge on any atom is -0.377 e. The second kappa shape index (κ2) is 8.24. The van der Waals surface area contributed by atoms with Crippen LogP contribution in [0, 0.1) is 0 Å². The van der Waals surface area contributed by atoms with E-state index in [1.807, 2.05) is 13.3 Å². The number of hydrogen-bond donors (Lipinski definition) is 1. The molecule has 5 heterocycles. The Bertz CT molecular complexity index is 1040. The van der Waals surface area contributed by atoms with Gasteiger partial charge in [-0.05, 0) is 19.8 Å². The van der Waals surface area contributed by atoms with Gasteiger partial charge in [0, 0.05) is 69.1 Å². The molecule has 2 atom stereocenters. The summed E-state index contributed by atoms with van der Waals surface area (Å²) in [5.74, 6) is 1.94. The Kier molecular flexibility index (Phi) is 5.55. The van der Waals surface area contributed by atoms with Crippen molar-refractivity contribution in [3.05, 3.63) is 18.0 Å². The van der Waals surface area contributed by atoms with Gasteiger partial charge in [-0.2, -0.15) is 4.98 Å². The molecule has 32 heavy (non-hydrogen) atoms. The Labute approximate surface area is 188 Å². The quantitative estimate of drug-likeness (QED) is 0.679. The zero-order valence-electron chi connectivity index (χ0n) is 18.9. The van der Waals surface area contributed by atoms with Crippen LogP contribution in [-0.2, 0) is 15.7 Å². The van der Waals surface area contributed by atoms with Crippen molar-refractivity contribution in [1.29, 1.82) is 0 Å². The van der Waals surface area contributed by atoms with Crippen LogP contribution in [0.15, 0.2) is 12.4 Å². The Morgan fingerprint density at radius 1 is 1.12 bits per heavy atom. The van der Waals surface area contributed by atoms with Gasteiger partial charge < -0.3 is 24.8 Å². The number of nitrogens with zero attached hydrogens (tertiary/aromatic N) is 7. The second-order valence-electron chi connectivity index (χ2n) is 9.21. The summed E-state index contributed by atoms with van der Waals surface area (Å²) in [7, 11) is -2.25. The summed E-state index contributed by atoms with van der Waals surface area (Å²) in [5.41, 5.74) is 8.57. The molecule has 0 saturated carbocycles. The van der Waals surface area contributed by atoms with Crippen LogP contribution in [0.25, 0.3) is 11.3 Å². The molecule has 2 saturated heterocycles. The molecule has 3 aliphatic rings. The first kappa shape index (κ1) is 21.6. The molecule has 0 bridgehead atoms. The number of hydrogen-bond acceptors (Lipinski definition) is 9. The van der Waals surface area contributed by atoms with Gasteiger partial charge in [0.05, 0.1) is 24.9 Å². The summed E-state index contributed by atoms with van der Waals surface area (Å²) in [4.78, 5) is 23.1. The van der Waals surface area contributed by atoms with Gasteiger partial charge in [-0.15, -0.1) is 0 Å². The molecule has 2 unspecified atom stereocenters. The van der Waals surface area contributed by atoms with Crippen LogP contribution in [0.1, 0.15) is 18.9 Å². The molecule has 5 rings (SSSR count). The lowest BCUT2D eigenvalue weighted by Crippen LogP contribution is -2.45. The first-order valence-corrected chi connectivity index (χ1v) is 13.8. The van der Waals surface area contributed by atoms with E-state index in [0.717, 1.165) is 61.7 Å². The van der Waals surface area contributed by atoms with Crippen LogP contribution >= 0.6 is 7.29 Å². The van der Waals surface area contributed by atoms with Crippen LogP contribution in [0.4, 0.5) is 17.7 Å². The van der Waals surface area contributed by atoms with Crippen LogP contribution in [0.3, 0.4) is 0 Å². The number of rotatable bonds is 4. The van der Waals surface area contributed by atoms with Gasteiger partial charge in [-0.1, -0.05) is 0 Å². The molecule has 0 amide bonds. The maximum Gasteiger partial charge on any atom is 0.228 e. The van der Waals surface area contributed by atoms with E-state index >= 15 is 0 Å². The van der Waals surface area contributed by atoms with Crippen LogP contribution in [0.5, 0.6) is 0 Å². The van der Waals surface area contributed by atoms with E-state index in [4.69, 9.17) is 20.4 Å². The smallest absolute Gasteiger partial charge is 0.228 e. The van der Waals surface area contributed by atoms with Crippen molar-refractivity contribution in [2.45, 2.75) is 31.8 Å². The molecular formula is C21H31N8O2P. The molecule has 0 aliphatic carbocycles. The van der Waals surface area contributed by atoms with Gasteiger partial charge in [0.2, 0.25) is 11.9 Å². The predicted molar refractivity (Wildman–Crippen MR) is 126 cm³/mol. The predicted octanol–water partition coefficient (Wildman–Crippen LogP) is 1.72. The fraction of sp³-hybridized carbons (Fsp3) is 0.619. The summed E-state index contributed by atoms with van der Waals surface area (Å²) in [6.45, 7) is 10.5. The third-order valence-electron chi connectivity index (χ3n) is 6.68. The number of aromatic nitrogens is 4. The number of morpholine rings is 1. The van der Waals surface area contributed by atoms with Gasteiger partial charge in [0.15, 0.2) is 0 Å². The lowest BCUT2D eigenvalue weighted by atomic mass is 10.1. The second-order valence-corrected chi connectivity index (χ2v) is 12.4. The fourth-order valence-corrected chi connectivity index (χ4v) is 6.07. The number of nitrogens with two attached hydrogens (primary N) is 1. The molecule has 10 nitrogen and oxygen atoms in total. The van der Waals surface area contributed by atoms with Crippen molar-refractivity contribution in [3.63, 3.8) is 0 Å². The largest absolute Gasteiger partial charge is 0.377 e. The van der Waals surface area contributed by atoms with E-state index in [2.05, 4.69) is 31.4 Å². The fourth-order valence-electron chi connectivity index (χ4n) is 4.89. The van der Waals surface area contributed by atoms with E-state index in [1.54, 1.807) is 12.4 Å². The molecule has 2 aromatic rings. The highest BCUT2D eigenvalue weighted by atomic mass is 31.2. The number of anilines is 3. The summed E-state index contributed by atoms with van der Waals surface area (Å²) >= 11 is 0. The maximum atomic E-state index is 12.6. The molecule has 0 radical (unpaired) electrons. The van der Waals surface area contributed by atoms with Crippen LogP contribution in [-0.4, -0.2) is 89.4 Å². The molecule has 3 aliphatic heterocycles.